The van der Waals surface area contributed by atoms with Gasteiger partial charge in [-0.1, -0.05) is 18.2 Å². The number of hydrogen-bond acceptors (Lipinski definition) is 3. The van der Waals surface area contributed by atoms with Crippen molar-refractivity contribution in [2.45, 2.75) is 25.3 Å². The number of rotatable bonds is 3. The molecule has 1 aromatic carbocycles. The second-order valence-corrected chi connectivity index (χ2v) is 6.09. The average molecular weight is 399 g/mol. The number of amides is 1. The summed E-state index contributed by atoms with van der Waals surface area (Å²) in [5.74, 6) is -0.360. The normalized spacial score (nSPS) is 18.8. The second-order valence-electron chi connectivity index (χ2n) is 4.92. The van der Waals surface area contributed by atoms with Gasteiger partial charge in [-0.2, -0.15) is 0 Å². The Morgan fingerprint density at radius 3 is 2.81 bits per heavy atom. The van der Waals surface area contributed by atoms with Gasteiger partial charge in [-0.3, -0.25) is 4.79 Å². The molecule has 0 bridgehead atoms. The van der Waals surface area contributed by atoms with Crippen molar-refractivity contribution in [2.75, 3.05) is 13.7 Å². The Labute approximate surface area is 138 Å². The number of ether oxygens (including phenoxy) is 1. The minimum absolute atomic E-state index is 0.0271. The van der Waals surface area contributed by atoms with Gasteiger partial charge in [0.05, 0.1) is 18.7 Å². The highest BCUT2D eigenvalue weighted by molar-refractivity contribution is 14.1. The summed E-state index contributed by atoms with van der Waals surface area (Å²) >= 11 is 2.18. The first-order chi connectivity index (χ1) is 10.1. The lowest BCUT2D eigenvalue weighted by atomic mass is 10.0. The van der Waals surface area contributed by atoms with Gasteiger partial charge in [-0.05, 0) is 54.0 Å². The largest absolute Gasteiger partial charge is 0.466 e. The molecule has 1 aromatic rings. The molecule has 5 heteroatoms. The molecule has 1 aliphatic rings. The van der Waals surface area contributed by atoms with Crippen LogP contribution in [0.5, 0.6) is 0 Å². The van der Waals surface area contributed by atoms with Crippen LogP contribution < -0.4 is 0 Å². The van der Waals surface area contributed by atoms with Crippen molar-refractivity contribution in [2.24, 2.45) is 0 Å². The highest BCUT2D eigenvalue weighted by Gasteiger charge is 2.26. The number of methoxy groups -OCH3 is 1. The molecule has 4 nitrogen and oxygen atoms in total. The molecular formula is C16H18INO3. The van der Waals surface area contributed by atoms with Crippen molar-refractivity contribution >= 4 is 34.5 Å². The van der Waals surface area contributed by atoms with E-state index in [4.69, 9.17) is 0 Å². The molecule has 1 heterocycles. The molecule has 0 aliphatic carbocycles. The molecule has 2 rings (SSSR count). The third-order valence-corrected chi connectivity index (χ3v) is 4.51. The number of piperidine rings is 1. The molecule has 0 radical (unpaired) electrons. The first-order valence-corrected chi connectivity index (χ1v) is 8.03. The van der Waals surface area contributed by atoms with E-state index in [0.29, 0.717) is 0 Å². The molecule has 21 heavy (non-hydrogen) atoms. The van der Waals surface area contributed by atoms with Gasteiger partial charge < -0.3 is 9.64 Å². The number of halogens is 1. The third kappa shape index (κ3) is 4.06. The van der Waals surface area contributed by atoms with E-state index in [1.807, 2.05) is 29.2 Å². The molecule has 1 atom stereocenters. The van der Waals surface area contributed by atoms with Crippen LogP contribution in [-0.2, 0) is 9.53 Å². The van der Waals surface area contributed by atoms with Crippen LogP contribution in [0.3, 0.4) is 0 Å². The van der Waals surface area contributed by atoms with Gasteiger partial charge in [0, 0.05) is 16.2 Å². The van der Waals surface area contributed by atoms with Crippen molar-refractivity contribution in [3.05, 3.63) is 45.6 Å². The van der Waals surface area contributed by atoms with Crippen LogP contribution in [0.15, 0.2) is 36.4 Å². The zero-order valence-corrected chi connectivity index (χ0v) is 14.1. The van der Waals surface area contributed by atoms with E-state index in [1.165, 1.54) is 13.2 Å². The predicted molar refractivity (Wildman–Crippen MR) is 89.0 cm³/mol. The van der Waals surface area contributed by atoms with Crippen LogP contribution in [0.1, 0.15) is 29.6 Å². The molecule has 1 fully saturated rings. The fourth-order valence-electron chi connectivity index (χ4n) is 2.46. The van der Waals surface area contributed by atoms with E-state index in [9.17, 15) is 9.59 Å². The first-order valence-electron chi connectivity index (χ1n) is 6.95. The zero-order chi connectivity index (χ0) is 15.2. The van der Waals surface area contributed by atoms with Crippen molar-refractivity contribution in [3.8, 4) is 0 Å². The van der Waals surface area contributed by atoms with Crippen LogP contribution in [0.2, 0.25) is 0 Å². The van der Waals surface area contributed by atoms with Gasteiger partial charge in [0.1, 0.15) is 0 Å². The maximum absolute atomic E-state index is 12.7. The predicted octanol–water partition coefficient (Wildman–Crippen LogP) is 3.02. The maximum Gasteiger partial charge on any atom is 0.330 e. The molecule has 1 saturated heterocycles. The topological polar surface area (TPSA) is 46.6 Å². The minimum atomic E-state index is -0.387. The van der Waals surface area contributed by atoms with Crippen molar-refractivity contribution in [1.82, 2.24) is 4.90 Å². The lowest BCUT2D eigenvalue weighted by Crippen LogP contribution is -2.43. The van der Waals surface area contributed by atoms with E-state index < -0.39 is 0 Å². The van der Waals surface area contributed by atoms with Crippen molar-refractivity contribution in [1.29, 1.82) is 0 Å². The minimum Gasteiger partial charge on any atom is -0.466 e. The Hall–Kier alpha value is -1.37. The Morgan fingerprint density at radius 2 is 2.10 bits per heavy atom. The zero-order valence-electron chi connectivity index (χ0n) is 11.9. The van der Waals surface area contributed by atoms with Crippen LogP contribution in [0, 0.1) is 3.57 Å². The molecule has 0 spiro atoms. The van der Waals surface area contributed by atoms with Crippen LogP contribution in [-0.4, -0.2) is 36.5 Å². The van der Waals surface area contributed by atoms with E-state index in [-0.39, 0.29) is 17.9 Å². The summed E-state index contributed by atoms with van der Waals surface area (Å²) in [6.07, 6.45) is 6.12. The maximum atomic E-state index is 12.7. The van der Waals surface area contributed by atoms with Crippen LogP contribution in [0.4, 0.5) is 0 Å². The number of carbonyl (C=O) groups is 2. The van der Waals surface area contributed by atoms with E-state index in [1.54, 1.807) is 6.08 Å². The van der Waals surface area contributed by atoms with Crippen LogP contribution in [0.25, 0.3) is 0 Å². The Bertz CT molecular complexity index is 556. The number of likely N-dealkylation sites (tertiary alicyclic amines) is 1. The number of carbonyl (C=O) groups excluding carboxylic acids is 2. The fourth-order valence-corrected chi connectivity index (χ4v) is 3.07. The van der Waals surface area contributed by atoms with Gasteiger partial charge in [0.15, 0.2) is 0 Å². The van der Waals surface area contributed by atoms with Crippen LogP contribution >= 0.6 is 22.6 Å². The summed E-state index contributed by atoms with van der Waals surface area (Å²) in [6.45, 7) is 0.722. The summed E-state index contributed by atoms with van der Waals surface area (Å²) in [6, 6.07) is 7.53. The van der Waals surface area contributed by atoms with E-state index in [2.05, 4.69) is 27.3 Å². The van der Waals surface area contributed by atoms with Gasteiger partial charge in [-0.15, -0.1) is 0 Å². The highest BCUT2D eigenvalue weighted by Crippen LogP contribution is 2.22. The highest BCUT2D eigenvalue weighted by atomic mass is 127. The molecule has 0 aromatic heterocycles. The Morgan fingerprint density at radius 1 is 1.33 bits per heavy atom. The summed E-state index contributed by atoms with van der Waals surface area (Å²) in [4.78, 5) is 25.8. The average Bonchev–Trinajstić information content (AvgIpc) is 2.52. The number of benzene rings is 1. The Kier molecular flexibility index (Phi) is 5.78. The van der Waals surface area contributed by atoms with Crippen molar-refractivity contribution in [3.63, 3.8) is 0 Å². The van der Waals surface area contributed by atoms with Gasteiger partial charge >= 0.3 is 5.97 Å². The quantitative estimate of drug-likeness (QED) is 0.446. The van der Waals surface area contributed by atoms with E-state index >= 15 is 0 Å². The SMILES string of the molecule is COC(=O)/C=C/[C@H]1CCCCN1C(=O)c1ccccc1I. The number of hydrogen-bond donors (Lipinski definition) is 0. The third-order valence-electron chi connectivity index (χ3n) is 3.57. The smallest absolute Gasteiger partial charge is 0.330 e. The summed E-state index contributed by atoms with van der Waals surface area (Å²) in [7, 11) is 1.35. The van der Waals surface area contributed by atoms with Gasteiger partial charge in [0.25, 0.3) is 5.91 Å². The fraction of sp³-hybridized carbons (Fsp3) is 0.375. The number of nitrogens with zero attached hydrogens (tertiary/aromatic N) is 1. The molecule has 0 unspecified atom stereocenters. The second kappa shape index (κ2) is 7.59. The van der Waals surface area contributed by atoms with Gasteiger partial charge in [-0.25, -0.2) is 4.79 Å². The molecule has 0 saturated carbocycles. The lowest BCUT2D eigenvalue weighted by Gasteiger charge is -2.34. The first kappa shape index (κ1) is 16.0. The monoisotopic (exact) mass is 399 g/mol. The summed E-state index contributed by atoms with van der Waals surface area (Å²) in [5, 5.41) is 0. The molecule has 0 N–H and O–H groups in total. The molecule has 112 valence electrons. The van der Waals surface area contributed by atoms with Crippen molar-refractivity contribution < 1.29 is 14.3 Å². The summed E-state index contributed by atoms with van der Waals surface area (Å²) < 4.78 is 5.56. The molecular weight excluding hydrogens is 381 g/mol. The summed E-state index contributed by atoms with van der Waals surface area (Å²) in [5.41, 5.74) is 0.719. The lowest BCUT2D eigenvalue weighted by molar-refractivity contribution is -0.134. The number of esters is 1. The Balaban J connectivity index is 2.18. The standard InChI is InChI=1S/C16H18INO3/c1-21-15(19)10-9-12-6-4-5-11-18(12)16(20)13-7-2-3-8-14(13)17/h2-3,7-10,12H,4-6,11H2,1H3/b10-9+/t12-/m1/s1. The molecule has 1 aliphatic heterocycles. The van der Waals surface area contributed by atoms with E-state index in [0.717, 1.165) is 34.9 Å². The molecule has 1 amide bonds. The van der Waals surface area contributed by atoms with Gasteiger partial charge in [0.2, 0.25) is 0 Å².